The maximum Gasteiger partial charge on any atom is 0.321 e. The van der Waals surface area contributed by atoms with Crippen LogP contribution in [0.4, 0.5) is 10.5 Å². The van der Waals surface area contributed by atoms with Gasteiger partial charge >= 0.3 is 12.0 Å². The molecule has 1 atom stereocenters. The lowest BCUT2D eigenvalue weighted by atomic mass is 10.2. The van der Waals surface area contributed by atoms with Gasteiger partial charge in [0.25, 0.3) is 0 Å². The predicted octanol–water partition coefficient (Wildman–Crippen LogP) is 1.96. The molecule has 2 amide bonds. The number of esters is 1. The molecular weight excluding hydrogens is 232 g/mol. The zero-order valence-corrected chi connectivity index (χ0v) is 10.8. The Hall–Kier alpha value is -2.04. The second-order valence-electron chi connectivity index (χ2n) is 4.10. The van der Waals surface area contributed by atoms with E-state index in [0.717, 1.165) is 5.69 Å². The molecule has 5 heteroatoms. The van der Waals surface area contributed by atoms with Gasteiger partial charge in [-0.2, -0.15) is 0 Å². The van der Waals surface area contributed by atoms with Crippen LogP contribution < -0.4 is 5.32 Å². The van der Waals surface area contributed by atoms with Gasteiger partial charge < -0.3 is 15.0 Å². The summed E-state index contributed by atoms with van der Waals surface area (Å²) in [5, 5.41) is 2.74. The zero-order chi connectivity index (χ0) is 13.5. The minimum atomic E-state index is -0.346. The van der Waals surface area contributed by atoms with Gasteiger partial charge in [0.05, 0.1) is 13.0 Å². The Morgan fingerprint density at radius 2 is 1.94 bits per heavy atom. The molecule has 0 spiro atoms. The first-order valence-corrected chi connectivity index (χ1v) is 5.69. The van der Waals surface area contributed by atoms with Crippen molar-refractivity contribution in [1.29, 1.82) is 0 Å². The SMILES string of the molecule is COC(=O)C(C)CN(C)C(=O)Nc1ccccc1. The number of carbonyl (C=O) groups is 2. The van der Waals surface area contributed by atoms with Gasteiger partial charge in [0.1, 0.15) is 0 Å². The maximum absolute atomic E-state index is 11.8. The Kier molecular flexibility index (Phi) is 5.17. The van der Waals surface area contributed by atoms with Crippen LogP contribution in [0.5, 0.6) is 0 Å². The van der Waals surface area contributed by atoms with Crippen LogP contribution >= 0.6 is 0 Å². The Morgan fingerprint density at radius 1 is 1.33 bits per heavy atom. The first kappa shape index (κ1) is 14.0. The second-order valence-corrected chi connectivity index (χ2v) is 4.10. The van der Waals surface area contributed by atoms with Gasteiger partial charge in [-0.15, -0.1) is 0 Å². The van der Waals surface area contributed by atoms with E-state index in [4.69, 9.17) is 0 Å². The lowest BCUT2D eigenvalue weighted by Gasteiger charge is -2.20. The highest BCUT2D eigenvalue weighted by molar-refractivity contribution is 5.89. The monoisotopic (exact) mass is 250 g/mol. The van der Waals surface area contributed by atoms with Gasteiger partial charge in [-0.3, -0.25) is 4.79 Å². The van der Waals surface area contributed by atoms with Crippen molar-refractivity contribution in [2.75, 3.05) is 26.0 Å². The molecule has 0 heterocycles. The molecule has 1 N–H and O–H groups in total. The minimum Gasteiger partial charge on any atom is -0.469 e. The number of nitrogens with one attached hydrogen (secondary N) is 1. The number of benzene rings is 1. The highest BCUT2D eigenvalue weighted by atomic mass is 16.5. The molecule has 0 aliphatic heterocycles. The van der Waals surface area contributed by atoms with Crippen molar-refractivity contribution in [3.63, 3.8) is 0 Å². The molecule has 18 heavy (non-hydrogen) atoms. The molecule has 1 aromatic carbocycles. The summed E-state index contributed by atoms with van der Waals surface area (Å²) in [5.41, 5.74) is 0.722. The number of ether oxygens (including phenoxy) is 1. The third-order valence-electron chi connectivity index (χ3n) is 2.52. The molecule has 0 aliphatic carbocycles. The predicted molar refractivity (Wildman–Crippen MR) is 69.3 cm³/mol. The molecule has 0 bridgehead atoms. The van der Waals surface area contributed by atoms with Gasteiger partial charge in [-0.1, -0.05) is 25.1 Å². The number of hydrogen-bond acceptors (Lipinski definition) is 3. The van der Waals surface area contributed by atoms with Gasteiger partial charge in [-0.05, 0) is 12.1 Å². The highest BCUT2D eigenvalue weighted by Crippen LogP contribution is 2.07. The van der Waals surface area contributed by atoms with Crippen LogP contribution in [0, 0.1) is 5.92 Å². The summed E-state index contributed by atoms with van der Waals surface area (Å²) >= 11 is 0. The summed E-state index contributed by atoms with van der Waals surface area (Å²) < 4.78 is 4.61. The Bertz CT molecular complexity index is 406. The molecular formula is C13H18N2O3. The van der Waals surface area contributed by atoms with Crippen molar-refractivity contribution in [2.24, 2.45) is 5.92 Å². The number of anilines is 1. The van der Waals surface area contributed by atoms with E-state index >= 15 is 0 Å². The summed E-state index contributed by atoms with van der Waals surface area (Å²) in [6.45, 7) is 2.03. The molecule has 1 unspecified atom stereocenters. The fourth-order valence-corrected chi connectivity index (χ4v) is 1.51. The van der Waals surface area contributed by atoms with Crippen molar-refractivity contribution < 1.29 is 14.3 Å². The van der Waals surface area contributed by atoms with E-state index in [1.54, 1.807) is 26.1 Å². The number of hydrogen-bond donors (Lipinski definition) is 1. The normalized spacial score (nSPS) is 11.5. The number of carbonyl (C=O) groups excluding carboxylic acids is 2. The lowest BCUT2D eigenvalue weighted by molar-refractivity contribution is -0.145. The van der Waals surface area contributed by atoms with Crippen LogP contribution in [0.15, 0.2) is 30.3 Å². The molecule has 0 fully saturated rings. The summed E-state index contributed by atoms with van der Waals surface area (Å²) in [6, 6.07) is 8.90. The molecule has 98 valence electrons. The zero-order valence-electron chi connectivity index (χ0n) is 10.8. The summed E-state index contributed by atoms with van der Waals surface area (Å²) in [7, 11) is 2.97. The van der Waals surface area contributed by atoms with Gasteiger partial charge in [0, 0.05) is 19.3 Å². The first-order chi connectivity index (χ1) is 8.54. The van der Waals surface area contributed by atoms with Crippen LogP contribution in [0.1, 0.15) is 6.92 Å². The van der Waals surface area contributed by atoms with Crippen molar-refractivity contribution in [1.82, 2.24) is 4.90 Å². The van der Waals surface area contributed by atoms with E-state index in [9.17, 15) is 9.59 Å². The van der Waals surface area contributed by atoms with E-state index in [2.05, 4.69) is 10.1 Å². The van der Waals surface area contributed by atoms with Crippen LogP contribution in [-0.2, 0) is 9.53 Å². The lowest BCUT2D eigenvalue weighted by Crippen LogP contribution is -2.36. The van der Waals surface area contributed by atoms with E-state index in [0.29, 0.717) is 6.54 Å². The summed E-state index contributed by atoms with van der Waals surface area (Å²) in [4.78, 5) is 24.5. The number of methoxy groups -OCH3 is 1. The average molecular weight is 250 g/mol. The van der Waals surface area contributed by atoms with Crippen molar-refractivity contribution in [3.8, 4) is 0 Å². The Morgan fingerprint density at radius 3 is 2.50 bits per heavy atom. The summed E-state index contributed by atoms with van der Waals surface area (Å²) in [5.74, 6) is -0.670. The van der Waals surface area contributed by atoms with E-state index in [1.165, 1.54) is 12.0 Å². The smallest absolute Gasteiger partial charge is 0.321 e. The molecule has 0 saturated heterocycles. The fraction of sp³-hybridized carbons (Fsp3) is 0.385. The Labute approximate surface area is 107 Å². The highest BCUT2D eigenvalue weighted by Gasteiger charge is 2.18. The average Bonchev–Trinajstić information content (AvgIpc) is 2.38. The van der Waals surface area contributed by atoms with Crippen LogP contribution in [-0.4, -0.2) is 37.6 Å². The van der Waals surface area contributed by atoms with E-state index < -0.39 is 0 Å². The van der Waals surface area contributed by atoms with E-state index in [-0.39, 0.29) is 17.9 Å². The first-order valence-electron chi connectivity index (χ1n) is 5.69. The minimum absolute atomic E-state index is 0.253. The quantitative estimate of drug-likeness (QED) is 0.831. The Balaban J connectivity index is 2.49. The van der Waals surface area contributed by atoms with Crippen LogP contribution in [0.3, 0.4) is 0 Å². The number of nitrogens with zero attached hydrogens (tertiary/aromatic N) is 1. The summed E-state index contributed by atoms with van der Waals surface area (Å²) in [6.07, 6.45) is 0. The standard InChI is InChI=1S/C13H18N2O3/c1-10(12(16)18-3)9-15(2)13(17)14-11-7-5-4-6-8-11/h4-8,10H,9H2,1-3H3,(H,14,17). The van der Waals surface area contributed by atoms with Crippen molar-refractivity contribution in [2.45, 2.75) is 6.92 Å². The van der Waals surface area contributed by atoms with Gasteiger partial charge in [0.15, 0.2) is 0 Å². The molecule has 5 nitrogen and oxygen atoms in total. The molecule has 0 aliphatic rings. The van der Waals surface area contributed by atoms with Crippen LogP contribution in [0.2, 0.25) is 0 Å². The molecule has 0 aromatic heterocycles. The topological polar surface area (TPSA) is 58.6 Å². The van der Waals surface area contributed by atoms with Crippen LogP contribution in [0.25, 0.3) is 0 Å². The van der Waals surface area contributed by atoms with Crippen molar-refractivity contribution >= 4 is 17.7 Å². The number of amides is 2. The third kappa shape index (κ3) is 4.08. The maximum atomic E-state index is 11.8. The second kappa shape index (κ2) is 6.64. The van der Waals surface area contributed by atoms with E-state index in [1.807, 2.05) is 18.2 Å². The number of rotatable bonds is 4. The molecule has 0 saturated carbocycles. The van der Waals surface area contributed by atoms with Crippen molar-refractivity contribution in [3.05, 3.63) is 30.3 Å². The fourth-order valence-electron chi connectivity index (χ4n) is 1.51. The number of urea groups is 1. The van der Waals surface area contributed by atoms with Gasteiger partial charge in [-0.25, -0.2) is 4.79 Å². The molecule has 1 aromatic rings. The molecule has 1 rings (SSSR count). The number of para-hydroxylation sites is 1. The third-order valence-corrected chi connectivity index (χ3v) is 2.52. The molecule has 0 radical (unpaired) electrons. The van der Waals surface area contributed by atoms with Gasteiger partial charge in [0.2, 0.25) is 0 Å². The largest absolute Gasteiger partial charge is 0.469 e.